The lowest BCUT2D eigenvalue weighted by atomic mass is 10.2. The molecule has 0 saturated heterocycles. The van der Waals surface area contributed by atoms with Gasteiger partial charge in [-0.3, -0.25) is 9.59 Å². The van der Waals surface area contributed by atoms with E-state index in [2.05, 4.69) is 10.2 Å². The van der Waals surface area contributed by atoms with Crippen LogP contribution in [0.25, 0.3) is 16.6 Å². The lowest BCUT2D eigenvalue weighted by molar-refractivity contribution is -0.144. The van der Waals surface area contributed by atoms with Gasteiger partial charge in [-0.05, 0) is 26.0 Å². The Hall–Kier alpha value is -2.96. The first-order valence-electron chi connectivity index (χ1n) is 7.28. The van der Waals surface area contributed by atoms with Crippen LogP contribution in [-0.2, 0) is 16.1 Å². The van der Waals surface area contributed by atoms with Gasteiger partial charge in [0.05, 0.1) is 24.2 Å². The standard InChI is InChI=1S/C16H16N4O3/c1-3-23-14(21)10-19-16(22)15-13(11(2)18-19)9-17-20(15)12-7-5-4-6-8-12/h4-9H,3,10H2,1-2H3. The molecule has 0 N–H and O–H groups in total. The molecule has 0 saturated carbocycles. The highest BCUT2D eigenvalue weighted by molar-refractivity contribution is 5.81. The molecule has 1 aromatic carbocycles. The van der Waals surface area contributed by atoms with Crippen LogP contribution in [0.2, 0.25) is 0 Å². The summed E-state index contributed by atoms with van der Waals surface area (Å²) >= 11 is 0. The van der Waals surface area contributed by atoms with Gasteiger partial charge in [-0.2, -0.15) is 10.2 Å². The van der Waals surface area contributed by atoms with E-state index in [4.69, 9.17) is 4.74 Å². The third-order valence-corrected chi connectivity index (χ3v) is 3.45. The van der Waals surface area contributed by atoms with E-state index in [1.165, 1.54) is 0 Å². The number of carbonyl (C=O) groups excluding carboxylic acids is 1. The molecule has 0 fully saturated rings. The van der Waals surface area contributed by atoms with Crippen molar-refractivity contribution < 1.29 is 9.53 Å². The van der Waals surface area contributed by atoms with Crippen molar-refractivity contribution in [3.63, 3.8) is 0 Å². The second kappa shape index (κ2) is 6.04. The van der Waals surface area contributed by atoms with E-state index in [1.54, 1.807) is 24.7 Å². The molecule has 0 spiro atoms. The van der Waals surface area contributed by atoms with E-state index in [9.17, 15) is 9.59 Å². The Morgan fingerprint density at radius 2 is 2.00 bits per heavy atom. The van der Waals surface area contributed by atoms with Gasteiger partial charge >= 0.3 is 5.97 Å². The molecule has 0 bridgehead atoms. The average Bonchev–Trinajstić information content (AvgIpc) is 2.99. The summed E-state index contributed by atoms with van der Waals surface area (Å²) in [5.41, 5.74) is 1.42. The summed E-state index contributed by atoms with van der Waals surface area (Å²) in [7, 11) is 0. The summed E-state index contributed by atoms with van der Waals surface area (Å²) < 4.78 is 7.57. The van der Waals surface area contributed by atoms with Crippen LogP contribution in [0.1, 0.15) is 12.6 Å². The molecule has 2 aromatic heterocycles. The highest BCUT2D eigenvalue weighted by Gasteiger charge is 2.16. The van der Waals surface area contributed by atoms with Crippen LogP contribution >= 0.6 is 0 Å². The number of fused-ring (bicyclic) bond motifs is 1. The smallest absolute Gasteiger partial charge is 0.327 e. The summed E-state index contributed by atoms with van der Waals surface area (Å²) in [6.07, 6.45) is 1.61. The summed E-state index contributed by atoms with van der Waals surface area (Å²) in [5, 5.41) is 9.14. The molecule has 2 heterocycles. The summed E-state index contributed by atoms with van der Waals surface area (Å²) in [4.78, 5) is 24.4. The quantitative estimate of drug-likeness (QED) is 0.681. The van der Waals surface area contributed by atoms with Crippen molar-refractivity contribution in [2.75, 3.05) is 6.61 Å². The molecule has 0 aliphatic carbocycles. The number of ether oxygens (including phenoxy) is 1. The Kier molecular flexibility index (Phi) is 3.92. The fourth-order valence-electron chi connectivity index (χ4n) is 2.42. The fourth-order valence-corrected chi connectivity index (χ4v) is 2.42. The number of nitrogens with zero attached hydrogens (tertiary/aromatic N) is 4. The molecule has 0 unspecified atom stereocenters. The highest BCUT2D eigenvalue weighted by Crippen LogP contribution is 2.16. The third kappa shape index (κ3) is 2.73. The molecular weight excluding hydrogens is 296 g/mol. The maximum Gasteiger partial charge on any atom is 0.327 e. The van der Waals surface area contributed by atoms with Gasteiger partial charge in [0.25, 0.3) is 5.56 Å². The zero-order valence-electron chi connectivity index (χ0n) is 12.9. The van der Waals surface area contributed by atoms with Crippen LogP contribution in [-0.4, -0.2) is 32.1 Å². The van der Waals surface area contributed by atoms with E-state index in [1.807, 2.05) is 30.3 Å². The minimum atomic E-state index is -0.494. The van der Waals surface area contributed by atoms with Crippen LogP contribution in [0, 0.1) is 6.92 Å². The SMILES string of the molecule is CCOC(=O)Cn1nc(C)c2cnn(-c3ccccc3)c2c1=O. The van der Waals surface area contributed by atoms with Crippen LogP contribution in [0.3, 0.4) is 0 Å². The minimum Gasteiger partial charge on any atom is -0.465 e. The van der Waals surface area contributed by atoms with Crippen molar-refractivity contribution in [1.82, 2.24) is 19.6 Å². The number of benzene rings is 1. The van der Waals surface area contributed by atoms with Gasteiger partial charge < -0.3 is 4.74 Å². The predicted octanol–water partition coefficient (Wildman–Crippen LogP) is 1.45. The molecule has 7 heteroatoms. The Bertz CT molecular complexity index is 912. The van der Waals surface area contributed by atoms with Crippen LogP contribution in [0.15, 0.2) is 41.3 Å². The van der Waals surface area contributed by atoms with E-state index >= 15 is 0 Å². The molecule has 7 nitrogen and oxygen atoms in total. The van der Waals surface area contributed by atoms with Gasteiger partial charge in [0.15, 0.2) is 0 Å². The van der Waals surface area contributed by atoms with Crippen LogP contribution in [0.5, 0.6) is 0 Å². The van der Waals surface area contributed by atoms with Crippen molar-refractivity contribution in [3.8, 4) is 5.69 Å². The number of rotatable bonds is 4. The second-order valence-electron chi connectivity index (χ2n) is 5.01. The van der Waals surface area contributed by atoms with Gasteiger partial charge in [0.2, 0.25) is 0 Å². The summed E-state index contributed by atoms with van der Waals surface area (Å²) in [6.45, 7) is 3.54. The number of hydrogen-bond acceptors (Lipinski definition) is 5. The molecule has 0 aliphatic rings. The van der Waals surface area contributed by atoms with Gasteiger partial charge in [-0.25, -0.2) is 9.36 Å². The predicted molar refractivity (Wildman–Crippen MR) is 84.5 cm³/mol. The Morgan fingerprint density at radius 1 is 1.26 bits per heavy atom. The molecule has 0 atom stereocenters. The number of para-hydroxylation sites is 1. The molecule has 118 valence electrons. The second-order valence-corrected chi connectivity index (χ2v) is 5.01. The Morgan fingerprint density at radius 3 is 2.70 bits per heavy atom. The average molecular weight is 312 g/mol. The normalized spacial score (nSPS) is 10.9. The fraction of sp³-hybridized carbons (Fsp3) is 0.250. The maximum atomic E-state index is 12.7. The number of hydrogen-bond donors (Lipinski definition) is 0. The number of aromatic nitrogens is 4. The number of esters is 1. The van der Waals surface area contributed by atoms with Crippen molar-refractivity contribution in [3.05, 3.63) is 52.6 Å². The Labute approximate surface area is 132 Å². The van der Waals surface area contributed by atoms with Gasteiger partial charge in [0, 0.05) is 5.39 Å². The van der Waals surface area contributed by atoms with Crippen molar-refractivity contribution in [1.29, 1.82) is 0 Å². The third-order valence-electron chi connectivity index (χ3n) is 3.45. The molecule has 0 radical (unpaired) electrons. The zero-order chi connectivity index (χ0) is 16.4. The highest BCUT2D eigenvalue weighted by atomic mass is 16.5. The Balaban J connectivity index is 2.17. The van der Waals surface area contributed by atoms with E-state index in [0.29, 0.717) is 16.6 Å². The lowest BCUT2D eigenvalue weighted by Crippen LogP contribution is -2.29. The minimum absolute atomic E-state index is 0.219. The van der Waals surface area contributed by atoms with Gasteiger partial charge in [0.1, 0.15) is 12.1 Å². The molecule has 23 heavy (non-hydrogen) atoms. The summed E-state index contributed by atoms with van der Waals surface area (Å²) in [5.74, 6) is -0.494. The van der Waals surface area contributed by atoms with Gasteiger partial charge in [-0.15, -0.1) is 0 Å². The van der Waals surface area contributed by atoms with Crippen molar-refractivity contribution in [2.45, 2.75) is 20.4 Å². The number of aryl methyl sites for hydroxylation is 1. The molecule has 3 aromatic rings. The molecule has 3 rings (SSSR count). The molecular formula is C16H16N4O3. The van der Waals surface area contributed by atoms with Crippen LogP contribution in [0.4, 0.5) is 0 Å². The first-order valence-corrected chi connectivity index (χ1v) is 7.28. The maximum absolute atomic E-state index is 12.7. The van der Waals surface area contributed by atoms with E-state index in [-0.39, 0.29) is 18.7 Å². The van der Waals surface area contributed by atoms with Gasteiger partial charge in [-0.1, -0.05) is 18.2 Å². The topological polar surface area (TPSA) is 79.0 Å². The first-order chi connectivity index (χ1) is 11.1. The lowest BCUT2D eigenvalue weighted by Gasteiger charge is -2.08. The van der Waals surface area contributed by atoms with Crippen molar-refractivity contribution >= 4 is 16.9 Å². The molecule has 0 aliphatic heterocycles. The number of carbonyl (C=O) groups is 1. The monoisotopic (exact) mass is 312 g/mol. The summed E-state index contributed by atoms with van der Waals surface area (Å²) in [6, 6.07) is 9.35. The first kappa shape index (κ1) is 15.0. The van der Waals surface area contributed by atoms with E-state index in [0.717, 1.165) is 10.4 Å². The zero-order valence-corrected chi connectivity index (χ0v) is 12.9. The van der Waals surface area contributed by atoms with Crippen LogP contribution < -0.4 is 5.56 Å². The molecule has 0 amide bonds. The van der Waals surface area contributed by atoms with E-state index < -0.39 is 5.97 Å². The largest absolute Gasteiger partial charge is 0.465 e. The van der Waals surface area contributed by atoms with Crippen molar-refractivity contribution in [2.24, 2.45) is 0 Å².